The van der Waals surface area contributed by atoms with E-state index in [1.165, 1.54) is 16.6 Å². The van der Waals surface area contributed by atoms with Gasteiger partial charge in [-0.25, -0.2) is 4.79 Å². The monoisotopic (exact) mass is 642 g/mol. The van der Waals surface area contributed by atoms with E-state index in [-0.39, 0.29) is 23.6 Å². The van der Waals surface area contributed by atoms with E-state index >= 15 is 0 Å². The average molecular weight is 643 g/mol. The van der Waals surface area contributed by atoms with E-state index in [4.69, 9.17) is 14.5 Å². The number of rotatable bonds is 4. The summed E-state index contributed by atoms with van der Waals surface area (Å²) in [4.78, 5) is 46.9. The number of aromatic nitrogens is 4. The van der Waals surface area contributed by atoms with Gasteiger partial charge in [0.05, 0.1) is 18.8 Å². The molecule has 1 aliphatic carbocycles. The summed E-state index contributed by atoms with van der Waals surface area (Å²) in [5.41, 5.74) is 0.0517. The minimum Gasteiger partial charge on any atom is -0.444 e. The summed E-state index contributed by atoms with van der Waals surface area (Å²) in [6, 6.07) is 4.23. The zero-order valence-electron chi connectivity index (χ0n) is 26.1. The molecule has 14 heteroatoms. The fourth-order valence-electron chi connectivity index (χ4n) is 6.67. The van der Waals surface area contributed by atoms with Gasteiger partial charge in [0, 0.05) is 35.4 Å². The van der Waals surface area contributed by atoms with Gasteiger partial charge in [0.1, 0.15) is 12.1 Å². The fourth-order valence-corrected chi connectivity index (χ4v) is 6.67. The molecule has 1 saturated heterocycles. The molecule has 1 aromatic carbocycles. The highest BCUT2D eigenvalue weighted by atomic mass is 19.4. The predicted molar refractivity (Wildman–Crippen MR) is 162 cm³/mol. The number of likely N-dealkylation sites (tertiary alicyclic amines) is 1. The molecule has 6 rings (SSSR count). The smallest absolute Gasteiger partial charge is 0.416 e. The molecule has 4 heterocycles. The molecule has 46 heavy (non-hydrogen) atoms. The Morgan fingerprint density at radius 3 is 2.41 bits per heavy atom. The van der Waals surface area contributed by atoms with Crippen molar-refractivity contribution in [1.82, 2.24) is 24.1 Å². The van der Waals surface area contributed by atoms with Crippen molar-refractivity contribution in [1.29, 1.82) is 0 Å². The molecule has 1 fully saturated rings. The molecule has 0 unspecified atom stereocenters. The minimum absolute atomic E-state index is 0.212. The van der Waals surface area contributed by atoms with Crippen molar-refractivity contribution in [2.24, 2.45) is 0 Å². The van der Waals surface area contributed by atoms with Gasteiger partial charge >= 0.3 is 12.3 Å². The van der Waals surface area contributed by atoms with Crippen molar-refractivity contribution >= 4 is 29.0 Å². The number of piperidine rings is 1. The van der Waals surface area contributed by atoms with Crippen LogP contribution in [0.4, 0.5) is 23.7 Å². The summed E-state index contributed by atoms with van der Waals surface area (Å²) >= 11 is 0. The Kier molecular flexibility index (Phi) is 8.20. The third-order valence-electron chi connectivity index (χ3n) is 8.87. The van der Waals surface area contributed by atoms with Gasteiger partial charge in [0.25, 0.3) is 5.56 Å². The zero-order chi connectivity index (χ0) is 32.9. The number of halogens is 3. The lowest BCUT2D eigenvalue weighted by Gasteiger charge is -2.45. The molecular weight excluding hydrogens is 605 g/mol. The van der Waals surface area contributed by atoms with Crippen molar-refractivity contribution in [3.8, 4) is 0 Å². The third kappa shape index (κ3) is 6.26. The highest BCUT2D eigenvalue weighted by Gasteiger charge is 2.45. The molecule has 0 saturated carbocycles. The number of ether oxygens (including phenoxy) is 2. The number of carbonyl (C=O) groups excluding carboxylic acids is 2. The molecule has 0 atom stereocenters. The average Bonchev–Trinajstić information content (AvgIpc) is 3.45. The number of nitrogens with zero attached hydrogens (tertiary/aromatic N) is 5. The van der Waals surface area contributed by atoms with E-state index in [0.29, 0.717) is 69.1 Å². The number of alkyl halides is 3. The molecule has 2 aliphatic heterocycles. The number of anilines is 1. The van der Waals surface area contributed by atoms with Crippen molar-refractivity contribution < 1.29 is 32.2 Å². The molecule has 3 aliphatic rings. The molecule has 2 aromatic heterocycles. The molecule has 1 spiro atoms. The number of nitrogens with one attached hydrogen (secondary N) is 1. The molecule has 0 radical (unpaired) electrons. The quantitative estimate of drug-likeness (QED) is 0.428. The standard InChI is InChI=1S/C32H37F3N6O5/c1-30(2,3)46-29(44)39-15-13-31(14-16-39)12-4-5-23-25(31)27(43)41-28(37-26(38-41)20-10-17-45-18-11-20)40(23)19-24(42)36-22-8-6-21(7-9-22)32(33,34)35/h6-10H,4-5,11-19H2,1-3H3,(H,36,42). The second-order valence-electron chi connectivity index (χ2n) is 13.1. The maximum Gasteiger partial charge on any atom is 0.416 e. The lowest BCUT2D eigenvalue weighted by molar-refractivity contribution is -0.137. The van der Waals surface area contributed by atoms with Crippen LogP contribution in [0.2, 0.25) is 0 Å². The SMILES string of the molecule is CC(C)(C)OC(=O)N1CCC2(CCCc3c2c(=O)n2nc(C4=CCOCC4)nc2n3CC(=O)Nc2ccc(C(F)(F)F)cc2)CC1. The second kappa shape index (κ2) is 11.9. The van der Waals surface area contributed by atoms with Crippen LogP contribution >= 0.6 is 0 Å². The Balaban J connectivity index is 1.37. The van der Waals surface area contributed by atoms with E-state index < -0.39 is 34.8 Å². The summed E-state index contributed by atoms with van der Waals surface area (Å²) in [5.74, 6) is 0.118. The number of hydrogen-bond acceptors (Lipinski definition) is 7. The zero-order valence-corrected chi connectivity index (χ0v) is 26.1. The maximum absolute atomic E-state index is 14.3. The Hall–Kier alpha value is -4.20. The van der Waals surface area contributed by atoms with Gasteiger partial charge in [-0.05, 0) is 89.1 Å². The Labute approximate surface area is 263 Å². The van der Waals surface area contributed by atoms with Crippen molar-refractivity contribution in [2.75, 3.05) is 31.6 Å². The third-order valence-corrected chi connectivity index (χ3v) is 8.87. The van der Waals surface area contributed by atoms with Gasteiger partial charge in [-0.2, -0.15) is 22.7 Å². The lowest BCUT2D eigenvalue weighted by Crippen LogP contribution is -2.51. The molecule has 0 bridgehead atoms. The first-order chi connectivity index (χ1) is 21.7. The van der Waals surface area contributed by atoms with Crippen LogP contribution in [0.25, 0.3) is 11.4 Å². The highest BCUT2D eigenvalue weighted by Crippen LogP contribution is 2.44. The van der Waals surface area contributed by atoms with E-state index in [0.717, 1.165) is 30.5 Å². The summed E-state index contributed by atoms with van der Waals surface area (Å²) in [5, 5.41) is 7.30. The molecule has 11 nitrogen and oxygen atoms in total. The van der Waals surface area contributed by atoms with E-state index in [1.807, 2.05) is 26.8 Å². The Morgan fingerprint density at radius 1 is 1.07 bits per heavy atom. The summed E-state index contributed by atoms with van der Waals surface area (Å²) in [6.07, 6.45) is 0.685. The van der Waals surface area contributed by atoms with Crippen LogP contribution in [0.1, 0.15) is 75.5 Å². The second-order valence-corrected chi connectivity index (χ2v) is 13.1. The van der Waals surface area contributed by atoms with Gasteiger partial charge in [-0.3, -0.25) is 9.59 Å². The molecular formula is C32H37F3N6O5. The van der Waals surface area contributed by atoms with Gasteiger partial charge in [0.2, 0.25) is 11.7 Å². The minimum atomic E-state index is -4.49. The van der Waals surface area contributed by atoms with Crippen LogP contribution in [0.3, 0.4) is 0 Å². The van der Waals surface area contributed by atoms with Gasteiger partial charge in [-0.1, -0.05) is 6.08 Å². The number of benzene rings is 1. The van der Waals surface area contributed by atoms with Crippen molar-refractivity contribution in [3.05, 3.63) is 63.3 Å². The van der Waals surface area contributed by atoms with Crippen LogP contribution in [-0.2, 0) is 38.8 Å². The maximum atomic E-state index is 14.3. The van der Waals surface area contributed by atoms with Crippen molar-refractivity contribution in [2.45, 2.75) is 83.0 Å². The number of amides is 2. The first-order valence-electron chi connectivity index (χ1n) is 15.5. The summed E-state index contributed by atoms with van der Waals surface area (Å²) < 4.78 is 53.2. The van der Waals surface area contributed by atoms with E-state index in [9.17, 15) is 27.6 Å². The first kappa shape index (κ1) is 31.8. The number of fused-ring (bicyclic) bond motifs is 3. The van der Waals surface area contributed by atoms with Gasteiger partial charge in [0.15, 0.2) is 5.82 Å². The summed E-state index contributed by atoms with van der Waals surface area (Å²) in [7, 11) is 0. The topological polar surface area (TPSA) is 120 Å². The van der Waals surface area contributed by atoms with Crippen LogP contribution in [0.15, 0.2) is 35.1 Å². The molecule has 3 aromatic rings. The molecule has 2 amide bonds. The van der Waals surface area contributed by atoms with Gasteiger partial charge < -0.3 is 24.3 Å². The number of hydrogen-bond donors (Lipinski definition) is 1. The predicted octanol–water partition coefficient (Wildman–Crippen LogP) is 4.96. The van der Waals surface area contributed by atoms with Crippen molar-refractivity contribution in [3.63, 3.8) is 0 Å². The summed E-state index contributed by atoms with van der Waals surface area (Å²) in [6.45, 7) is 6.94. The van der Waals surface area contributed by atoms with E-state index in [2.05, 4.69) is 10.4 Å². The Bertz CT molecular complexity index is 1750. The first-order valence-corrected chi connectivity index (χ1v) is 15.5. The Morgan fingerprint density at radius 2 is 1.78 bits per heavy atom. The van der Waals surface area contributed by atoms with Gasteiger partial charge in [-0.15, -0.1) is 5.10 Å². The highest BCUT2D eigenvalue weighted by molar-refractivity contribution is 5.91. The lowest BCUT2D eigenvalue weighted by atomic mass is 9.66. The molecule has 246 valence electrons. The van der Waals surface area contributed by atoms with Crippen LogP contribution in [0.5, 0.6) is 0 Å². The largest absolute Gasteiger partial charge is 0.444 e. The van der Waals surface area contributed by atoms with E-state index in [1.54, 1.807) is 9.47 Å². The number of carbonyl (C=O) groups is 2. The molecule has 1 N–H and O–H groups in total. The van der Waals surface area contributed by atoms with Crippen LogP contribution < -0.4 is 10.9 Å². The fraction of sp³-hybridized carbons (Fsp3) is 0.531. The van der Waals surface area contributed by atoms with Crippen LogP contribution in [0, 0.1) is 0 Å². The normalized spacial score (nSPS) is 18.3. The van der Waals surface area contributed by atoms with Crippen LogP contribution in [-0.4, -0.2) is 68.0 Å².